The van der Waals surface area contributed by atoms with Crippen LogP contribution < -0.4 is 10.6 Å². The summed E-state index contributed by atoms with van der Waals surface area (Å²) in [5, 5.41) is 15.6. The minimum absolute atomic E-state index is 0.0199. The summed E-state index contributed by atoms with van der Waals surface area (Å²) in [5.41, 5.74) is 3.93. The molecule has 3 heterocycles. The second-order valence-electron chi connectivity index (χ2n) is 10.3. The molecule has 0 bridgehead atoms. The first kappa shape index (κ1) is 27.7. The number of hydrogen-bond donors (Lipinski definition) is 3. The first-order chi connectivity index (χ1) is 19.5. The van der Waals surface area contributed by atoms with Crippen LogP contribution in [0.4, 0.5) is 0 Å². The Balaban J connectivity index is 1.36. The summed E-state index contributed by atoms with van der Waals surface area (Å²) in [4.78, 5) is 50.6. The Morgan fingerprint density at radius 3 is 2.40 bits per heavy atom. The molecule has 10 heteroatoms. The van der Waals surface area contributed by atoms with E-state index in [-0.39, 0.29) is 30.9 Å². The van der Waals surface area contributed by atoms with Gasteiger partial charge in [0.25, 0.3) is 5.91 Å². The number of amides is 3. The molecule has 3 amide bonds. The van der Waals surface area contributed by atoms with Crippen LogP contribution in [0.3, 0.4) is 0 Å². The highest BCUT2D eigenvalue weighted by Crippen LogP contribution is 2.29. The Morgan fingerprint density at radius 1 is 0.950 bits per heavy atom. The summed E-state index contributed by atoms with van der Waals surface area (Å²) in [7, 11) is 1.55. The highest BCUT2D eigenvalue weighted by Gasteiger charge is 2.31. The number of piperazine rings is 1. The van der Waals surface area contributed by atoms with Crippen LogP contribution in [0.25, 0.3) is 10.9 Å². The molecule has 1 fully saturated rings. The summed E-state index contributed by atoms with van der Waals surface area (Å²) in [5.74, 6) is -0.567. The summed E-state index contributed by atoms with van der Waals surface area (Å²) >= 11 is 0. The van der Waals surface area contributed by atoms with Gasteiger partial charge in [-0.25, -0.2) is 0 Å². The second-order valence-corrected chi connectivity index (χ2v) is 10.3. The number of carbonyl (C=O) groups excluding carboxylic acids is 3. The Morgan fingerprint density at radius 2 is 1.68 bits per heavy atom. The van der Waals surface area contributed by atoms with Crippen LogP contribution in [0.5, 0.6) is 0 Å². The molecule has 2 aromatic carbocycles. The normalized spacial score (nSPS) is 16.8. The fourth-order valence-corrected chi connectivity index (χ4v) is 5.60. The Labute approximate surface area is 234 Å². The number of aromatic nitrogens is 1. The number of rotatable bonds is 8. The van der Waals surface area contributed by atoms with Crippen molar-refractivity contribution in [2.24, 2.45) is 0 Å². The molecule has 10 nitrogen and oxygen atoms in total. The summed E-state index contributed by atoms with van der Waals surface area (Å²) in [6.45, 7) is 4.48. The Kier molecular flexibility index (Phi) is 8.69. The first-order valence-electron chi connectivity index (χ1n) is 13.8. The molecule has 3 N–H and O–H groups in total. The standard InChI is InChI=1S/C30H36N6O4/c1-31-29(39)28(21-7-3-2-4-8-21)33-26(38)20-35-12-11-25-23(19-35)27(22-9-5-6-10-24(22)32-25)30(40)36-15-13-34(14-16-36)17-18-37/h2-10,28,37H,11-20H2,1H3,(H,31,39)(H,33,38). The molecule has 2 aliphatic rings. The lowest BCUT2D eigenvalue weighted by Crippen LogP contribution is -2.50. The van der Waals surface area contributed by atoms with Crippen LogP contribution in [-0.2, 0) is 22.6 Å². The quantitative estimate of drug-likeness (QED) is 0.387. The van der Waals surface area contributed by atoms with Gasteiger partial charge in [-0.2, -0.15) is 0 Å². The molecular formula is C30H36N6O4. The van der Waals surface area contributed by atoms with Gasteiger partial charge in [0.1, 0.15) is 6.04 Å². The lowest BCUT2D eigenvalue weighted by Gasteiger charge is -2.36. The van der Waals surface area contributed by atoms with E-state index in [1.54, 1.807) is 7.05 Å². The summed E-state index contributed by atoms with van der Waals surface area (Å²) in [6, 6.07) is 16.1. The molecule has 0 spiro atoms. The number of nitrogens with one attached hydrogen (secondary N) is 2. The maximum Gasteiger partial charge on any atom is 0.255 e. The van der Waals surface area contributed by atoms with E-state index in [2.05, 4.69) is 15.5 Å². The molecule has 5 rings (SSSR count). The number of para-hydroxylation sites is 1. The molecule has 3 aromatic rings. The maximum absolute atomic E-state index is 14.0. The van der Waals surface area contributed by atoms with E-state index in [1.165, 1.54) is 0 Å². The number of aliphatic hydroxyl groups is 1. The summed E-state index contributed by atoms with van der Waals surface area (Å²) < 4.78 is 0. The second kappa shape index (κ2) is 12.5. The Bertz CT molecular complexity index is 1370. The van der Waals surface area contributed by atoms with Gasteiger partial charge < -0.3 is 20.6 Å². The van der Waals surface area contributed by atoms with Gasteiger partial charge in [0.2, 0.25) is 11.8 Å². The van der Waals surface area contributed by atoms with Gasteiger partial charge in [0, 0.05) is 75.9 Å². The van der Waals surface area contributed by atoms with E-state index in [9.17, 15) is 19.5 Å². The van der Waals surface area contributed by atoms with Crippen LogP contribution in [0.1, 0.15) is 33.2 Å². The third-order valence-corrected chi connectivity index (χ3v) is 7.73. The molecular weight excluding hydrogens is 508 g/mol. The molecule has 2 aliphatic heterocycles. The molecule has 0 radical (unpaired) electrons. The van der Waals surface area contributed by atoms with Crippen molar-refractivity contribution < 1.29 is 19.5 Å². The van der Waals surface area contributed by atoms with Crippen molar-refractivity contribution in [2.75, 3.05) is 59.5 Å². The van der Waals surface area contributed by atoms with E-state index < -0.39 is 6.04 Å². The lowest BCUT2D eigenvalue weighted by atomic mass is 9.94. The van der Waals surface area contributed by atoms with Crippen LogP contribution in [0.15, 0.2) is 54.6 Å². The highest BCUT2D eigenvalue weighted by molar-refractivity contribution is 6.07. The predicted molar refractivity (Wildman–Crippen MR) is 152 cm³/mol. The molecule has 0 saturated carbocycles. The number of aliphatic hydroxyl groups excluding tert-OH is 1. The zero-order valence-corrected chi connectivity index (χ0v) is 22.8. The number of hydrogen-bond acceptors (Lipinski definition) is 7. The zero-order valence-electron chi connectivity index (χ0n) is 22.8. The minimum atomic E-state index is -0.789. The highest BCUT2D eigenvalue weighted by atomic mass is 16.3. The van der Waals surface area contributed by atoms with E-state index in [4.69, 9.17) is 4.98 Å². The third-order valence-electron chi connectivity index (χ3n) is 7.73. The van der Waals surface area contributed by atoms with Crippen molar-refractivity contribution >= 4 is 28.6 Å². The number of likely N-dealkylation sites (N-methyl/N-ethyl adjacent to an activating group) is 1. The van der Waals surface area contributed by atoms with Gasteiger partial charge in [-0.3, -0.25) is 29.2 Å². The van der Waals surface area contributed by atoms with Gasteiger partial charge in [-0.1, -0.05) is 48.5 Å². The van der Waals surface area contributed by atoms with Crippen molar-refractivity contribution in [3.05, 3.63) is 77.0 Å². The van der Waals surface area contributed by atoms with E-state index >= 15 is 0 Å². The van der Waals surface area contributed by atoms with Crippen molar-refractivity contribution in [2.45, 2.75) is 19.0 Å². The number of fused-ring (bicyclic) bond motifs is 2. The minimum Gasteiger partial charge on any atom is -0.395 e. The van der Waals surface area contributed by atoms with E-state index in [0.29, 0.717) is 50.3 Å². The lowest BCUT2D eigenvalue weighted by molar-refractivity contribution is -0.129. The van der Waals surface area contributed by atoms with Gasteiger partial charge >= 0.3 is 0 Å². The van der Waals surface area contributed by atoms with Crippen molar-refractivity contribution in [3.63, 3.8) is 0 Å². The fraction of sp³-hybridized carbons (Fsp3) is 0.400. The fourth-order valence-electron chi connectivity index (χ4n) is 5.60. The van der Waals surface area contributed by atoms with Crippen LogP contribution >= 0.6 is 0 Å². The molecule has 0 aliphatic carbocycles. The molecule has 210 valence electrons. The average molecular weight is 545 g/mol. The first-order valence-corrected chi connectivity index (χ1v) is 13.8. The average Bonchev–Trinajstić information content (AvgIpc) is 2.99. The summed E-state index contributed by atoms with van der Waals surface area (Å²) in [6.07, 6.45) is 0.621. The van der Waals surface area contributed by atoms with Crippen LogP contribution in [-0.4, -0.2) is 102 Å². The van der Waals surface area contributed by atoms with Gasteiger partial charge in [0.15, 0.2) is 0 Å². The van der Waals surface area contributed by atoms with Gasteiger partial charge in [0.05, 0.1) is 24.2 Å². The monoisotopic (exact) mass is 544 g/mol. The molecule has 1 saturated heterocycles. The maximum atomic E-state index is 14.0. The number of benzene rings is 2. The number of pyridine rings is 1. The van der Waals surface area contributed by atoms with Crippen molar-refractivity contribution in [1.29, 1.82) is 0 Å². The van der Waals surface area contributed by atoms with Crippen molar-refractivity contribution in [1.82, 2.24) is 30.3 Å². The third kappa shape index (κ3) is 5.99. The molecule has 1 atom stereocenters. The SMILES string of the molecule is CNC(=O)C(NC(=O)CN1CCc2nc3ccccc3c(C(=O)N3CCN(CCO)CC3)c2C1)c1ccccc1. The zero-order chi connectivity index (χ0) is 28.1. The van der Waals surface area contributed by atoms with E-state index in [0.717, 1.165) is 35.2 Å². The predicted octanol–water partition coefficient (Wildman–Crippen LogP) is 0.947. The largest absolute Gasteiger partial charge is 0.395 e. The molecule has 1 aromatic heterocycles. The molecule has 40 heavy (non-hydrogen) atoms. The smallest absolute Gasteiger partial charge is 0.255 e. The topological polar surface area (TPSA) is 118 Å². The Hall–Kier alpha value is -3.86. The van der Waals surface area contributed by atoms with Gasteiger partial charge in [-0.05, 0) is 11.6 Å². The van der Waals surface area contributed by atoms with Crippen LogP contribution in [0, 0.1) is 0 Å². The van der Waals surface area contributed by atoms with Crippen molar-refractivity contribution in [3.8, 4) is 0 Å². The number of nitrogens with zero attached hydrogens (tertiary/aromatic N) is 4. The van der Waals surface area contributed by atoms with Gasteiger partial charge in [-0.15, -0.1) is 0 Å². The number of β-amino-alcohol motifs (C(OH)–C–C–N with tert-alkyl or cyclic N) is 1. The number of carbonyl (C=O) groups is 3. The van der Waals surface area contributed by atoms with E-state index in [1.807, 2.05) is 64.4 Å². The molecule has 1 unspecified atom stereocenters. The van der Waals surface area contributed by atoms with Crippen LogP contribution in [0.2, 0.25) is 0 Å².